The average Bonchev–Trinajstić information content (AvgIpc) is 2.78. The third-order valence-corrected chi connectivity index (χ3v) is 5.17. The molecule has 0 saturated heterocycles. The van der Waals surface area contributed by atoms with Gasteiger partial charge in [-0.1, -0.05) is 39.8 Å². The van der Waals surface area contributed by atoms with Gasteiger partial charge in [0.05, 0.1) is 15.2 Å². The Balaban J connectivity index is 2.06. The van der Waals surface area contributed by atoms with Crippen molar-refractivity contribution in [3.63, 3.8) is 0 Å². The molecule has 1 aromatic heterocycles. The van der Waals surface area contributed by atoms with Crippen molar-refractivity contribution in [2.75, 3.05) is 0 Å². The van der Waals surface area contributed by atoms with Crippen molar-refractivity contribution in [3.05, 3.63) is 29.3 Å². The summed E-state index contributed by atoms with van der Waals surface area (Å²) >= 11 is 1.77. The number of fused-ring (bicyclic) bond motifs is 1. The number of hydrazine groups is 1. The van der Waals surface area contributed by atoms with Crippen LogP contribution in [0.3, 0.4) is 0 Å². The van der Waals surface area contributed by atoms with Crippen LogP contribution in [0.5, 0.6) is 0 Å². The van der Waals surface area contributed by atoms with Crippen LogP contribution >= 0.6 is 11.3 Å². The molecule has 4 heteroatoms. The molecule has 0 spiro atoms. The van der Waals surface area contributed by atoms with E-state index in [1.807, 2.05) is 6.07 Å². The van der Waals surface area contributed by atoms with E-state index < -0.39 is 0 Å². The highest BCUT2D eigenvalue weighted by Crippen LogP contribution is 2.30. The lowest BCUT2D eigenvalue weighted by Crippen LogP contribution is -2.39. The van der Waals surface area contributed by atoms with E-state index in [1.54, 1.807) is 11.3 Å². The van der Waals surface area contributed by atoms with Crippen molar-refractivity contribution < 1.29 is 0 Å². The highest BCUT2D eigenvalue weighted by molar-refractivity contribution is 7.18. The predicted molar refractivity (Wildman–Crippen MR) is 87.7 cm³/mol. The molecular weight excluding hydrogens is 266 g/mol. The summed E-state index contributed by atoms with van der Waals surface area (Å²) in [4.78, 5) is 4.69. The molecule has 2 aromatic rings. The molecule has 0 bridgehead atoms. The SMILES string of the molecule is CC(CC(Cc1nc2ccccc2s1)NN)C(C)(C)C. The number of hydrogen-bond donors (Lipinski definition) is 2. The van der Waals surface area contributed by atoms with Crippen molar-refractivity contribution in [1.29, 1.82) is 0 Å². The highest BCUT2D eigenvalue weighted by atomic mass is 32.1. The minimum absolute atomic E-state index is 0.282. The van der Waals surface area contributed by atoms with E-state index in [-0.39, 0.29) is 6.04 Å². The fourth-order valence-corrected chi connectivity index (χ4v) is 3.26. The second-order valence-corrected chi connectivity index (χ2v) is 7.76. The first-order chi connectivity index (χ1) is 9.40. The number of nitrogens with one attached hydrogen (secondary N) is 1. The fraction of sp³-hybridized carbons (Fsp3) is 0.562. The Bertz CT molecular complexity index is 523. The van der Waals surface area contributed by atoms with Gasteiger partial charge in [-0.25, -0.2) is 4.98 Å². The second kappa shape index (κ2) is 6.20. The molecule has 1 aromatic carbocycles. The Morgan fingerprint density at radius 3 is 2.60 bits per heavy atom. The van der Waals surface area contributed by atoms with Crippen LogP contribution in [-0.2, 0) is 6.42 Å². The first-order valence-electron chi connectivity index (χ1n) is 7.20. The van der Waals surface area contributed by atoms with E-state index in [9.17, 15) is 0 Å². The molecule has 110 valence electrons. The monoisotopic (exact) mass is 291 g/mol. The average molecular weight is 291 g/mol. The Hall–Kier alpha value is -0.970. The number of rotatable bonds is 5. The fourth-order valence-electron chi connectivity index (χ4n) is 2.21. The van der Waals surface area contributed by atoms with Crippen molar-refractivity contribution in [2.24, 2.45) is 17.2 Å². The van der Waals surface area contributed by atoms with Gasteiger partial charge < -0.3 is 0 Å². The van der Waals surface area contributed by atoms with Gasteiger partial charge in [0.2, 0.25) is 0 Å². The van der Waals surface area contributed by atoms with E-state index >= 15 is 0 Å². The molecule has 1 heterocycles. The van der Waals surface area contributed by atoms with Crippen LogP contribution in [0, 0.1) is 11.3 Å². The summed E-state index contributed by atoms with van der Waals surface area (Å²) in [5.41, 5.74) is 4.36. The van der Waals surface area contributed by atoms with Gasteiger partial charge in [0, 0.05) is 12.5 Å². The molecule has 3 nitrogen and oxygen atoms in total. The number of nitrogens with two attached hydrogens (primary N) is 1. The van der Waals surface area contributed by atoms with Crippen molar-refractivity contribution in [1.82, 2.24) is 10.4 Å². The number of hydrogen-bond acceptors (Lipinski definition) is 4. The molecule has 2 atom stereocenters. The van der Waals surface area contributed by atoms with Gasteiger partial charge >= 0.3 is 0 Å². The van der Waals surface area contributed by atoms with E-state index in [2.05, 4.69) is 51.3 Å². The predicted octanol–water partition coefficient (Wildman–Crippen LogP) is 3.74. The smallest absolute Gasteiger partial charge is 0.0954 e. The molecular formula is C16H25N3S. The summed E-state index contributed by atoms with van der Waals surface area (Å²) in [6, 6.07) is 8.57. The topological polar surface area (TPSA) is 50.9 Å². The van der Waals surface area contributed by atoms with Crippen LogP contribution < -0.4 is 11.3 Å². The minimum Gasteiger partial charge on any atom is -0.271 e. The molecule has 0 aliphatic heterocycles. The Morgan fingerprint density at radius 2 is 2.00 bits per heavy atom. The van der Waals surface area contributed by atoms with Gasteiger partial charge in [-0.2, -0.15) is 0 Å². The van der Waals surface area contributed by atoms with Crippen LogP contribution in [0.4, 0.5) is 0 Å². The van der Waals surface area contributed by atoms with Gasteiger partial charge in [-0.15, -0.1) is 11.3 Å². The van der Waals surface area contributed by atoms with Crippen LogP contribution in [-0.4, -0.2) is 11.0 Å². The molecule has 0 radical (unpaired) electrons. The highest BCUT2D eigenvalue weighted by Gasteiger charge is 2.23. The molecule has 0 aliphatic rings. The van der Waals surface area contributed by atoms with E-state index in [4.69, 9.17) is 10.8 Å². The largest absolute Gasteiger partial charge is 0.271 e. The quantitative estimate of drug-likeness (QED) is 0.651. The number of benzene rings is 1. The Morgan fingerprint density at radius 1 is 1.30 bits per heavy atom. The first-order valence-corrected chi connectivity index (χ1v) is 8.02. The maximum Gasteiger partial charge on any atom is 0.0954 e. The standard InChI is InChI=1S/C16H25N3S/c1-11(16(2,3)4)9-12(19-17)10-15-18-13-7-5-6-8-14(13)20-15/h5-8,11-12,19H,9-10,17H2,1-4H3. The van der Waals surface area contributed by atoms with Crippen LogP contribution in [0.2, 0.25) is 0 Å². The zero-order chi connectivity index (χ0) is 14.8. The summed E-state index contributed by atoms with van der Waals surface area (Å²) in [5, 5.41) is 1.16. The third kappa shape index (κ3) is 3.78. The van der Waals surface area contributed by atoms with Crippen LogP contribution in [0.1, 0.15) is 39.1 Å². The summed E-state index contributed by atoms with van der Waals surface area (Å²) in [6.45, 7) is 9.14. The lowest BCUT2D eigenvalue weighted by atomic mass is 9.78. The van der Waals surface area contributed by atoms with Gasteiger partial charge in [-0.05, 0) is 29.9 Å². The molecule has 20 heavy (non-hydrogen) atoms. The van der Waals surface area contributed by atoms with Gasteiger partial charge in [-0.3, -0.25) is 11.3 Å². The van der Waals surface area contributed by atoms with E-state index in [0.717, 1.165) is 23.4 Å². The zero-order valence-electron chi connectivity index (χ0n) is 12.8. The lowest BCUT2D eigenvalue weighted by molar-refractivity contribution is 0.222. The van der Waals surface area contributed by atoms with Crippen molar-refractivity contribution in [3.8, 4) is 0 Å². The lowest BCUT2D eigenvalue weighted by Gasteiger charge is -2.30. The van der Waals surface area contributed by atoms with Crippen LogP contribution in [0.15, 0.2) is 24.3 Å². The van der Waals surface area contributed by atoms with Crippen molar-refractivity contribution >= 4 is 21.6 Å². The third-order valence-electron chi connectivity index (χ3n) is 4.11. The molecule has 2 rings (SSSR count). The number of para-hydroxylation sites is 1. The summed E-state index contributed by atoms with van der Waals surface area (Å²) in [5.74, 6) is 6.34. The first kappa shape index (κ1) is 15.4. The molecule has 0 saturated carbocycles. The van der Waals surface area contributed by atoms with Gasteiger partial charge in [0.15, 0.2) is 0 Å². The Labute approximate surface area is 125 Å². The summed E-state index contributed by atoms with van der Waals surface area (Å²) in [7, 11) is 0. The second-order valence-electron chi connectivity index (χ2n) is 6.65. The summed E-state index contributed by atoms with van der Waals surface area (Å²) in [6.07, 6.45) is 1.96. The molecule has 0 aliphatic carbocycles. The van der Waals surface area contributed by atoms with Crippen LogP contribution in [0.25, 0.3) is 10.2 Å². The molecule has 0 fully saturated rings. The zero-order valence-corrected chi connectivity index (χ0v) is 13.6. The normalized spacial score (nSPS) is 15.4. The molecule has 3 N–H and O–H groups in total. The minimum atomic E-state index is 0.282. The van der Waals surface area contributed by atoms with Gasteiger partial charge in [0.25, 0.3) is 0 Å². The summed E-state index contributed by atoms with van der Waals surface area (Å²) < 4.78 is 1.25. The maximum absolute atomic E-state index is 5.73. The van der Waals surface area contributed by atoms with Crippen molar-refractivity contribution in [2.45, 2.75) is 46.6 Å². The van der Waals surface area contributed by atoms with Gasteiger partial charge in [0.1, 0.15) is 0 Å². The Kier molecular flexibility index (Phi) is 4.78. The number of thiazole rings is 1. The van der Waals surface area contributed by atoms with E-state index in [1.165, 1.54) is 4.70 Å². The molecule has 0 amide bonds. The number of nitrogens with zero attached hydrogens (tertiary/aromatic N) is 1. The number of aromatic nitrogens is 1. The molecule has 2 unspecified atom stereocenters. The maximum atomic E-state index is 5.73. The van der Waals surface area contributed by atoms with E-state index in [0.29, 0.717) is 11.3 Å².